The summed E-state index contributed by atoms with van der Waals surface area (Å²) in [6, 6.07) is 15.6. The van der Waals surface area contributed by atoms with Gasteiger partial charge in [-0.2, -0.15) is 0 Å². The number of nitrogens with zero attached hydrogens (tertiary/aromatic N) is 2. The molecule has 1 aromatic heterocycles. The van der Waals surface area contributed by atoms with Crippen LogP contribution in [0, 0.1) is 6.92 Å². The molecular formula is C22H21N3O2S. The van der Waals surface area contributed by atoms with Crippen molar-refractivity contribution in [3.8, 4) is 10.6 Å². The second kappa shape index (κ2) is 7.56. The van der Waals surface area contributed by atoms with Gasteiger partial charge in [-0.1, -0.05) is 30.3 Å². The van der Waals surface area contributed by atoms with Crippen LogP contribution in [-0.2, 0) is 11.2 Å². The molecule has 5 nitrogen and oxygen atoms in total. The summed E-state index contributed by atoms with van der Waals surface area (Å²) in [5.41, 5.74) is 4.30. The number of aromatic nitrogens is 1. The minimum Gasteiger partial charge on any atom is -0.326 e. The van der Waals surface area contributed by atoms with E-state index in [1.165, 1.54) is 23.8 Å². The predicted molar refractivity (Wildman–Crippen MR) is 113 cm³/mol. The van der Waals surface area contributed by atoms with E-state index in [-0.39, 0.29) is 11.8 Å². The molecule has 3 aromatic rings. The highest BCUT2D eigenvalue weighted by molar-refractivity contribution is 7.15. The zero-order valence-electron chi connectivity index (χ0n) is 15.9. The molecule has 1 aliphatic heterocycles. The quantitative estimate of drug-likeness (QED) is 0.706. The molecule has 0 aliphatic carbocycles. The number of carbonyl (C=O) groups excluding carboxylic acids is 2. The van der Waals surface area contributed by atoms with Crippen LogP contribution in [0.25, 0.3) is 10.6 Å². The van der Waals surface area contributed by atoms with E-state index in [1.54, 1.807) is 0 Å². The first-order valence-electron chi connectivity index (χ1n) is 9.28. The normalized spacial score (nSPS) is 13.1. The Hall–Kier alpha value is -2.99. The van der Waals surface area contributed by atoms with Gasteiger partial charge in [0, 0.05) is 35.3 Å². The van der Waals surface area contributed by atoms with Gasteiger partial charge in [-0.25, -0.2) is 4.98 Å². The van der Waals surface area contributed by atoms with Crippen LogP contribution >= 0.6 is 11.3 Å². The van der Waals surface area contributed by atoms with E-state index < -0.39 is 0 Å². The first-order valence-corrected chi connectivity index (χ1v) is 10.1. The fourth-order valence-electron chi connectivity index (χ4n) is 3.52. The molecule has 2 aromatic carbocycles. The predicted octanol–water partition coefficient (Wildman–Crippen LogP) is 4.67. The Bertz CT molecular complexity index is 1060. The molecule has 2 amide bonds. The van der Waals surface area contributed by atoms with E-state index in [4.69, 9.17) is 0 Å². The first kappa shape index (κ1) is 18.4. The van der Waals surface area contributed by atoms with E-state index in [0.717, 1.165) is 39.7 Å². The van der Waals surface area contributed by atoms with E-state index in [2.05, 4.69) is 16.4 Å². The first-order chi connectivity index (χ1) is 13.5. The Morgan fingerprint density at radius 3 is 2.79 bits per heavy atom. The second-order valence-electron chi connectivity index (χ2n) is 6.87. The fourth-order valence-corrected chi connectivity index (χ4v) is 4.43. The van der Waals surface area contributed by atoms with Gasteiger partial charge in [-0.15, -0.1) is 11.3 Å². The maximum atomic E-state index is 13.3. The van der Waals surface area contributed by atoms with Crippen molar-refractivity contribution in [1.82, 2.24) is 4.98 Å². The summed E-state index contributed by atoms with van der Waals surface area (Å²) in [5.74, 6) is -0.169. The molecule has 0 unspecified atom stereocenters. The number of hydrogen-bond donors (Lipinski definition) is 1. The van der Waals surface area contributed by atoms with Crippen molar-refractivity contribution >= 4 is 34.5 Å². The monoisotopic (exact) mass is 391 g/mol. The van der Waals surface area contributed by atoms with E-state index >= 15 is 0 Å². The number of fused-ring (bicyclic) bond motifs is 1. The van der Waals surface area contributed by atoms with Crippen LogP contribution < -0.4 is 10.2 Å². The molecular weight excluding hydrogens is 370 g/mol. The summed E-state index contributed by atoms with van der Waals surface area (Å²) < 4.78 is 0. The second-order valence-corrected chi connectivity index (χ2v) is 8.08. The van der Waals surface area contributed by atoms with E-state index in [9.17, 15) is 9.59 Å². The van der Waals surface area contributed by atoms with E-state index in [0.29, 0.717) is 12.2 Å². The Morgan fingerprint density at radius 1 is 1.14 bits per heavy atom. The van der Waals surface area contributed by atoms with Crippen molar-refractivity contribution < 1.29 is 9.59 Å². The highest BCUT2D eigenvalue weighted by Gasteiger charge is 2.27. The number of rotatable bonds is 3. The summed E-state index contributed by atoms with van der Waals surface area (Å²) in [6.45, 7) is 4.12. The molecule has 0 fully saturated rings. The number of carbonyl (C=O) groups is 2. The molecule has 0 radical (unpaired) electrons. The van der Waals surface area contributed by atoms with Crippen molar-refractivity contribution in [2.24, 2.45) is 0 Å². The largest absolute Gasteiger partial charge is 0.326 e. The van der Waals surface area contributed by atoms with Crippen LogP contribution in [0.1, 0.15) is 34.3 Å². The van der Waals surface area contributed by atoms with Crippen molar-refractivity contribution in [3.05, 3.63) is 64.7 Å². The van der Waals surface area contributed by atoms with Gasteiger partial charge < -0.3 is 10.2 Å². The van der Waals surface area contributed by atoms with Gasteiger partial charge in [0.1, 0.15) is 10.7 Å². The molecule has 0 atom stereocenters. The molecule has 0 spiro atoms. The lowest BCUT2D eigenvalue weighted by molar-refractivity contribution is -0.114. The topological polar surface area (TPSA) is 62.3 Å². The molecule has 28 heavy (non-hydrogen) atoms. The summed E-state index contributed by atoms with van der Waals surface area (Å²) in [7, 11) is 0. The van der Waals surface area contributed by atoms with Crippen LogP contribution in [0.3, 0.4) is 0 Å². The minimum absolute atomic E-state index is 0.0508. The van der Waals surface area contributed by atoms with Crippen molar-refractivity contribution in [3.63, 3.8) is 0 Å². The number of hydrogen-bond acceptors (Lipinski definition) is 4. The molecule has 0 saturated heterocycles. The molecule has 142 valence electrons. The van der Waals surface area contributed by atoms with Crippen LogP contribution in [0.15, 0.2) is 48.5 Å². The Morgan fingerprint density at radius 2 is 1.96 bits per heavy atom. The van der Waals surface area contributed by atoms with Gasteiger partial charge in [0.25, 0.3) is 5.91 Å². The molecule has 1 N–H and O–H groups in total. The number of para-hydroxylation sites is 1. The lowest BCUT2D eigenvalue weighted by Crippen LogP contribution is -2.36. The van der Waals surface area contributed by atoms with Crippen molar-refractivity contribution in [1.29, 1.82) is 0 Å². The fraction of sp³-hybridized carbons (Fsp3) is 0.227. The minimum atomic E-state index is -0.118. The van der Waals surface area contributed by atoms with Gasteiger partial charge in [-0.05, 0) is 43.5 Å². The maximum Gasteiger partial charge on any atom is 0.278 e. The Kier molecular flexibility index (Phi) is 4.96. The average Bonchev–Trinajstić information content (AvgIpc) is 3.08. The molecule has 4 rings (SSSR count). The number of anilines is 2. The van der Waals surface area contributed by atoms with Crippen molar-refractivity contribution in [2.45, 2.75) is 26.7 Å². The number of aryl methyl sites for hydroxylation is 2. The number of benzene rings is 2. The summed E-state index contributed by atoms with van der Waals surface area (Å²) in [6.07, 6.45) is 1.95. The van der Waals surface area contributed by atoms with Crippen LogP contribution in [0.4, 0.5) is 11.4 Å². The zero-order chi connectivity index (χ0) is 19.7. The van der Waals surface area contributed by atoms with Crippen molar-refractivity contribution in [2.75, 3.05) is 16.8 Å². The number of nitrogens with one attached hydrogen (secondary N) is 1. The van der Waals surface area contributed by atoms with Gasteiger partial charge >= 0.3 is 0 Å². The lowest BCUT2D eigenvalue weighted by Gasteiger charge is -2.29. The molecule has 1 aliphatic rings. The van der Waals surface area contributed by atoms with Gasteiger partial charge in [0.2, 0.25) is 5.91 Å². The Balaban J connectivity index is 1.66. The zero-order valence-corrected chi connectivity index (χ0v) is 16.7. The smallest absolute Gasteiger partial charge is 0.278 e. The third-order valence-corrected chi connectivity index (χ3v) is 5.80. The number of amides is 2. The summed E-state index contributed by atoms with van der Waals surface area (Å²) in [4.78, 5) is 32.0. The van der Waals surface area contributed by atoms with Crippen LogP contribution in [0.5, 0.6) is 0 Å². The molecule has 0 saturated carbocycles. The third kappa shape index (κ3) is 3.55. The van der Waals surface area contributed by atoms with E-state index in [1.807, 2.05) is 54.3 Å². The maximum absolute atomic E-state index is 13.3. The van der Waals surface area contributed by atoms with Crippen LogP contribution in [0.2, 0.25) is 0 Å². The molecule has 0 bridgehead atoms. The SMILES string of the molecule is CC(=O)Nc1cccc(-c2nc(C(=O)N3CCCc4ccccc43)c(C)s2)c1. The molecule has 2 heterocycles. The molecule has 6 heteroatoms. The average molecular weight is 391 g/mol. The van der Waals surface area contributed by atoms with Gasteiger partial charge in [0.15, 0.2) is 0 Å². The Labute approximate surface area is 168 Å². The third-order valence-electron chi connectivity index (χ3n) is 4.78. The van der Waals surface area contributed by atoms with Gasteiger partial charge in [0.05, 0.1) is 0 Å². The summed E-state index contributed by atoms with van der Waals surface area (Å²) >= 11 is 1.50. The summed E-state index contributed by atoms with van der Waals surface area (Å²) in [5, 5.41) is 3.56. The van der Waals surface area contributed by atoms with Crippen LogP contribution in [-0.4, -0.2) is 23.3 Å². The standard InChI is InChI=1S/C22H21N3O2S/c1-14-20(22(27)25-12-6-9-16-7-3-4-11-19(16)25)24-21(28-14)17-8-5-10-18(13-17)23-15(2)26/h3-5,7-8,10-11,13H,6,9,12H2,1-2H3,(H,23,26). The highest BCUT2D eigenvalue weighted by atomic mass is 32.1. The van der Waals surface area contributed by atoms with Gasteiger partial charge in [-0.3, -0.25) is 9.59 Å². The lowest BCUT2D eigenvalue weighted by atomic mass is 10.0. The highest BCUT2D eigenvalue weighted by Crippen LogP contribution is 2.32. The number of thiazole rings is 1.